The molecule has 0 amide bonds. The number of ether oxygens (including phenoxy) is 1. The minimum absolute atomic E-state index is 0.0460. The van der Waals surface area contributed by atoms with Gasteiger partial charge < -0.3 is 10.1 Å². The van der Waals surface area contributed by atoms with Crippen LogP contribution in [0.25, 0.3) is 0 Å². The lowest BCUT2D eigenvalue weighted by Gasteiger charge is -2.33. The molecule has 0 heterocycles. The fraction of sp³-hybridized carbons (Fsp3) is 0.774. The van der Waals surface area contributed by atoms with E-state index >= 15 is 0 Å². The number of carbonyl (C=O) groups excluding carboxylic acids is 3. The van der Waals surface area contributed by atoms with Crippen LogP contribution in [0.2, 0.25) is 0 Å². The molecule has 0 saturated carbocycles. The van der Waals surface area contributed by atoms with E-state index in [1.807, 2.05) is 13.8 Å². The Kier molecular flexibility index (Phi) is 13.7. The third-order valence-corrected chi connectivity index (χ3v) is 9.56. The van der Waals surface area contributed by atoms with E-state index < -0.39 is 6.04 Å². The van der Waals surface area contributed by atoms with Crippen LogP contribution in [-0.2, 0) is 19.1 Å². The molecule has 2 rings (SSSR count). The van der Waals surface area contributed by atoms with E-state index in [0.717, 1.165) is 25.7 Å². The van der Waals surface area contributed by atoms with Crippen molar-refractivity contribution < 1.29 is 19.1 Å². The van der Waals surface area contributed by atoms with E-state index in [1.54, 1.807) is 11.8 Å². The fourth-order valence-corrected chi connectivity index (χ4v) is 7.32. The number of hydrogen-bond donors (Lipinski definition) is 1. The molecule has 0 aliphatic heterocycles. The van der Waals surface area contributed by atoms with Crippen molar-refractivity contribution in [3.8, 4) is 0 Å². The highest BCUT2D eigenvalue weighted by Crippen LogP contribution is 2.36. The van der Waals surface area contributed by atoms with Crippen LogP contribution >= 0.6 is 11.8 Å². The van der Waals surface area contributed by atoms with Crippen LogP contribution < -0.4 is 5.32 Å². The summed E-state index contributed by atoms with van der Waals surface area (Å²) in [6.07, 6.45) is 13.7. The van der Waals surface area contributed by atoms with E-state index in [9.17, 15) is 14.4 Å². The van der Waals surface area contributed by atoms with E-state index in [1.165, 1.54) is 0 Å². The zero-order valence-electron chi connectivity index (χ0n) is 24.2. The van der Waals surface area contributed by atoms with E-state index in [0.29, 0.717) is 42.8 Å². The van der Waals surface area contributed by atoms with Gasteiger partial charge in [-0.15, -0.1) is 0 Å². The molecule has 0 aromatic rings. The van der Waals surface area contributed by atoms with Gasteiger partial charge in [-0.3, -0.25) is 14.4 Å². The van der Waals surface area contributed by atoms with Gasteiger partial charge in [-0.25, -0.2) is 0 Å². The predicted octanol–water partition coefficient (Wildman–Crippen LogP) is 6.41. The number of nitrogens with one attached hydrogen (secondary N) is 1. The largest absolute Gasteiger partial charge is 0.465 e. The van der Waals surface area contributed by atoms with Gasteiger partial charge in [-0.05, 0) is 50.4 Å². The molecule has 9 unspecified atom stereocenters. The zero-order chi connectivity index (χ0) is 27.5. The smallest absolute Gasteiger partial charge is 0.323 e. The van der Waals surface area contributed by atoms with Gasteiger partial charge >= 0.3 is 5.97 Å². The summed E-state index contributed by atoms with van der Waals surface area (Å²) in [6, 6.07) is -0.633. The Hall–Kier alpha value is -1.40. The van der Waals surface area contributed by atoms with Crippen molar-refractivity contribution in [1.29, 1.82) is 0 Å². The summed E-state index contributed by atoms with van der Waals surface area (Å²) in [7, 11) is 0. The molecule has 0 saturated heterocycles. The topological polar surface area (TPSA) is 72.5 Å². The van der Waals surface area contributed by atoms with Gasteiger partial charge in [-0.1, -0.05) is 71.8 Å². The molecule has 0 aromatic heterocycles. The van der Waals surface area contributed by atoms with E-state index in [2.05, 4.69) is 64.2 Å². The highest BCUT2D eigenvalue weighted by Gasteiger charge is 2.35. The molecule has 2 aliphatic carbocycles. The molecular weight excluding hydrogens is 482 g/mol. The summed E-state index contributed by atoms with van der Waals surface area (Å²) in [4.78, 5) is 39.2. The molecule has 9 atom stereocenters. The molecule has 0 bridgehead atoms. The first-order valence-electron chi connectivity index (χ1n) is 14.6. The Morgan fingerprint density at radius 3 is 1.89 bits per heavy atom. The van der Waals surface area contributed by atoms with Crippen molar-refractivity contribution in [1.82, 2.24) is 5.32 Å². The third kappa shape index (κ3) is 9.38. The van der Waals surface area contributed by atoms with Gasteiger partial charge in [0, 0.05) is 41.7 Å². The fourth-order valence-electron chi connectivity index (χ4n) is 6.29. The monoisotopic (exact) mass is 533 g/mol. The van der Waals surface area contributed by atoms with Crippen LogP contribution in [0.3, 0.4) is 0 Å². The summed E-state index contributed by atoms with van der Waals surface area (Å²) >= 11 is 1.64. The van der Waals surface area contributed by atoms with Crippen LogP contribution in [-0.4, -0.2) is 47.2 Å². The molecule has 0 spiro atoms. The lowest BCUT2D eigenvalue weighted by atomic mass is 9.72. The molecule has 210 valence electrons. The van der Waals surface area contributed by atoms with Gasteiger partial charge in [0.1, 0.15) is 17.6 Å². The number of esters is 1. The molecular formula is C31H51NO4S. The Bertz CT molecular complexity index is 809. The molecule has 37 heavy (non-hydrogen) atoms. The quantitative estimate of drug-likeness (QED) is 0.194. The van der Waals surface area contributed by atoms with Gasteiger partial charge in [0.05, 0.1) is 6.61 Å². The summed E-state index contributed by atoms with van der Waals surface area (Å²) in [5.74, 6) is 2.33. The number of Topliss-reactive ketones (excluding diaryl/α,β-unsaturated/α-hetero) is 2. The van der Waals surface area contributed by atoms with Crippen LogP contribution in [0.5, 0.6) is 0 Å². The number of allylic oxidation sites excluding steroid dienone is 4. The molecule has 2 aliphatic rings. The van der Waals surface area contributed by atoms with E-state index in [4.69, 9.17) is 4.74 Å². The maximum absolute atomic E-state index is 13.2. The summed E-state index contributed by atoms with van der Waals surface area (Å²) in [5.41, 5.74) is 0. The lowest BCUT2D eigenvalue weighted by Crippen LogP contribution is -2.46. The highest BCUT2D eigenvalue weighted by atomic mass is 32.2. The summed E-state index contributed by atoms with van der Waals surface area (Å²) in [5, 5.41) is 3.50. The Morgan fingerprint density at radius 1 is 0.892 bits per heavy atom. The molecule has 0 aromatic carbocycles. The van der Waals surface area contributed by atoms with Crippen molar-refractivity contribution in [3.63, 3.8) is 0 Å². The first kappa shape index (κ1) is 31.8. The zero-order valence-corrected chi connectivity index (χ0v) is 25.0. The van der Waals surface area contributed by atoms with Crippen molar-refractivity contribution >= 4 is 29.3 Å². The first-order valence-corrected chi connectivity index (χ1v) is 15.6. The Labute approximate surface area is 230 Å². The summed E-state index contributed by atoms with van der Waals surface area (Å²) < 4.78 is 5.35. The minimum Gasteiger partial charge on any atom is -0.465 e. The number of carbonyl (C=O) groups is 3. The first-order chi connectivity index (χ1) is 17.6. The minimum atomic E-state index is -0.504. The standard InChI is InChI=1S/C31H51NO4S/c1-8-24-15-11-13-20(4)29(24)27(33)17-22(6)32-26(31(35)36-10-3)19-37-23(7)18-28(34)30-21(5)14-12-16-25(30)9-2/h11-14,20-26,29-30,32H,8-10,15-19H2,1-7H3. The van der Waals surface area contributed by atoms with Gasteiger partial charge in [-0.2, -0.15) is 11.8 Å². The SMILES string of the molecule is CCOC(=O)C(CSC(C)CC(=O)C1C(C)C=CCC1CC)NC(C)CC(=O)C1C(C)C=CCC1CC. The lowest BCUT2D eigenvalue weighted by molar-refractivity contribution is -0.145. The van der Waals surface area contributed by atoms with Gasteiger partial charge in [0.25, 0.3) is 0 Å². The second kappa shape index (κ2) is 15.9. The Balaban J connectivity index is 1.94. The van der Waals surface area contributed by atoms with Gasteiger partial charge in [0.15, 0.2) is 0 Å². The third-order valence-electron chi connectivity index (χ3n) is 8.30. The van der Waals surface area contributed by atoms with Crippen LogP contribution in [0.4, 0.5) is 0 Å². The molecule has 1 N–H and O–H groups in total. The molecule has 5 nitrogen and oxygen atoms in total. The maximum atomic E-state index is 13.2. The number of thioether (sulfide) groups is 1. The average molecular weight is 534 g/mol. The van der Waals surface area contributed by atoms with E-state index in [-0.39, 0.29) is 46.7 Å². The summed E-state index contributed by atoms with van der Waals surface area (Å²) in [6.45, 7) is 14.8. The van der Waals surface area contributed by atoms with Crippen LogP contribution in [0.1, 0.15) is 87.0 Å². The van der Waals surface area contributed by atoms with Crippen molar-refractivity contribution in [3.05, 3.63) is 24.3 Å². The normalized spacial score (nSPS) is 29.9. The van der Waals surface area contributed by atoms with Crippen LogP contribution in [0.15, 0.2) is 24.3 Å². The molecule has 6 heteroatoms. The molecule has 0 fully saturated rings. The van der Waals surface area contributed by atoms with Crippen molar-refractivity contribution in [2.45, 2.75) is 104 Å². The van der Waals surface area contributed by atoms with Crippen molar-refractivity contribution in [2.75, 3.05) is 12.4 Å². The number of hydrogen-bond acceptors (Lipinski definition) is 6. The number of ketones is 2. The van der Waals surface area contributed by atoms with Crippen molar-refractivity contribution in [2.24, 2.45) is 35.5 Å². The Morgan fingerprint density at radius 2 is 1.41 bits per heavy atom. The molecule has 0 radical (unpaired) electrons. The number of rotatable bonds is 15. The second-order valence-corrected chi connectivity index (χ2v) is 12.8. The van der Waals surface area contributed by atoms with Gasteiger partial charge in [0.2, 0.25) is 0 Å². The predicted molar refractivity (Wildman–Crippen MR) is 155 cm³/mol. The maximum Gasteiger partial charge on any atom is 0.323 e. The highest BCUT2D eigenvalue weighted by molar-refractivity contribution is 7.99. The average Bonchev–Trinajstić information content (AvgIpc) is 2.85. The van der Waals surface area contributed by atoms with Crippen LogP contribution in [0, 0.1) is 35.5 Å². The second-order valence-electron chi connectivity index (χ2n) is 11.3.